The number of rotatable bonds is 9. The molecule has 0 saturated heterocycles. The van der Waals surface area contributed by atoms with Crippen molar-refractivity contribution in [3.63, 3.8) is 0 Å². The monoisotopic (exact) mass is 210 g/mol. The fraction of sp³-hybridized carbons (Fsp3) is 0.727. The van der Waals surface area contributed by atoms with Gasteiger partial charge in [0.2, 0.25) is 0 Å². The van der Waals surface area contributed by atoms with Crippen LogP contribution in [-0.2, 0) is 0 Å². The van der Waals surface area contributed by atoms with E-state index < -0.39 is 0 Å². The highest BCUT2D eigenvalue weighted by Gasteiger charge is 2.22. The first-order chi connectivity index (χ1) is 7.26. The number of hydrazone groups is 1. The van der Waals surface area contributed by atoms with Gasteiger partial charge in [-0.05, 0) is 31.8 Å². The van der Waals surface area contributed by atoms with Crippen LogP contribution in [-0.4, -0.2) is 26.0 Å². The van der Waals surface area contributed by atoms with Crippen LogP contribution in [0.4, 0.5) is 0 Å². The second-order valence-corrected chi connectivity index (χ2v) is 4.04. The predicted molar refractivity (Wildman–Crippen MR) is 64.6 cm³/mol. The summed E-state index contributed by atoms with van der Waals surface area (Å²) in [5.41, 5.74) is 3.67. The van der Waals surface area contributed by atoms with Gasteiger partial charge < -0.3 is 10.6 Å². The van der Waals surface area contributed by atoms with Gasteiger partial charge >= 0.3 is 0 Å². The van der Waals surface area contributed by atoms with Crippen LogP contribution in [0, 0.1) is 5.92 Å². The minimum absolute atomic E-state index is 0.289. The van der Waals surface area contributed by atoms with Crippen molar-refractivity contribution in [3.8, 4) is 0 Å². The Kier molecular flexibility index (Phi) is 5.36. The zero-order chi connectivity index (χ0) is 11.1. The van der Waals surface area contributed by atoms with Crippen molar-refractivity contribution in [2.24, 2.45) is 11.0 Å². The van der Waals surface area contributed by atoms with Crippen LogP contribution >= 0.6 is 0 Å². The van der Waals surface area contributed by atoms with Crippen LogP contribution in [0.3, 0.4) is 0 Å². The Morgan fingerprint density at radius 1 is 1.47 bits per heavy atom. The SMILES string of the molecule is C=NNC(=C)CC(NCC)NCC1CC1. The Morgan fingerprint density at radius 2 is 2.20 bits per heavy atom. The molecule has 0 bridgehead atoms. The third-order valence-electron chi connectivity index (χ3n) is 2.49. The maximum absolute atomic E-state index is 3.88. The fourth-order valence-electron chi connectivity index (χ4n) is 1.50. The minimum Gasteiger partial charge on any atom is -0.302 e. The van der Waals surface area contributed by atoms with E-state index >= 15 is 0 Å². The lowest BCUT2D eigenvalue weighted by atomic mass is 10.2. The standard InChI is InChI=1S/C11H22N4/c1-4-13-11(7-9(2)15-12-3)14-8-10-5-6-10/h10-11,13-15H,2-8H2,1H3. The molecule has 0 radical (unpaired) electrons. The zero-order valence-corrected chi connectivity index (χ0v) is 9.55. The van der Waals surface area contributed by atoms with Crippen molar-refractivity contribution in [1.82, 2.24) is 16.1 Å². The van der Waals surface area contributed by atoms with Gasteiger partial charge in [-0.3, -0.25) is 5.43 Å². The molecule has 1 aliphatic rings. The molecule has 1 fully saturated rings. The minimum atomic E-state index is 0.289. The van der Waals surface area contributed by atoms with E-state index in [1.165, 1.54) is 12.8 Å². The van der Waals surface area contributed by atoms with E-state index in [0.29, 0.717) is 0 Å². The van der Waals surface area contributed by atoms with Gasteiger partial charge in [-0.15, -0.1) is 0 Å². The van der Waals surface area contributed by atoms with Crippen LogP contribution in [0.2, 0.25) is 0 Å². The van der Waals surface area contributed by atoms with Gasteiger partial charge in [0, 0.05) is 18.8 Å². The summed E-state index contributed by atoms with van der Waals surface area (Å²) in [6.45, 7) is 11.4. The first-order valence-electron chi connectivity index (χ1n) is 5.62. The normalized spacial score (nSPS) is 17.1. The summed E-state index contributed by atoms with van der Waals surface area (Å²) in [5, 5.41) is 10.5. The van der Waals surface area contributed by atoms with Crippen molar-refractivity contribution < 1.29 is 0 Å². The molecule has 3 N–H and O–H groups in total. The van der Waals surface area contributed by atoms with E-state index in [1.807, 2.05) is 0 Å². The molecule has 4 heteroatoms. The predicted octanol–water partition coefficient (Wildman–Crippen LogP) is 1.03. The van der Waals surface area contributed by atoms with Crippen LogP contribution in [0.25, 0.3) is 0 Å². The molecule has 0 amide bonds. The topological polar surface area (TPSA) is 48.5 Å². The smallest absolute Gasteiger partial charge is 0.0627 e. The second-order valence-electron chi connectivity index (χ2n) is 4.04. The summed E-state index contributed by atoms with van der Waals surface area (Å²) in [4.78, 5) is 0. The molecule has 0 aliphatic heterocycles. The molecule has 0 aromatic carbocycles. The van der Waals surface area contributed by atoms with Crippen LogP contribution in [0.5, 0.6) is 0 Å². The number of nitrogens with one attached hydrogen (secondary N) is 3. The largest absolute Gasteiger partial charge is 0.302 e. The zero-order valence-electron chi connectivity index (χ0n) is 9.55. The van der Waals surface area contributed by atoms with Crippen LogP contribution in [0.1, 0.15) is 26.2 Å². The molecule has 1 atom stereocenters. The van der Waals surface area contributed by atoms with Gasteiger partial charge in [0.05, 0.1) is 6.17 Å². The highest BCUT2D eigenvalue weighted by molar-refractivity contribution is 5.23. The molecule has 0 spiro atoms. The first kappa shape index (κ1) is 12.2. The number of hydrogen-bond donors (Lipinski definition) is 3. The van der Waals surface area contributed by atoms with E-state index in [-0.39, 0.29) is 6.17 Å². The highest BCUT2D eigenvalue weighted by Crippen LogP contribution is 2.27. The third-order valence-corrected chi connectivity index (χ3v) is 2.49. The molecule has 1 unspecified atom stereocenters. The Morgan fingerprint density at radius 3 is 2.73 bits per heavy atom. The van der Waals surface area contributed by atoms with E-state index in [0.717, 1.165) is 31.1 Å². The van der Waals surface area contributed by atoms with Crippen molar-refractivity contribution in [2.45, 2.75) is 32.4 Å². The Balaban J connectivity index is 2.20. The maximum Gasteiger partial charge on any atom is 0.0627 e. The van der Waals surface area contributed by atoms with Gasteiger partial charge in [-0.25, -0.2) is 0 Å². The Labute approximate surface area is 92.2 Å². The summed E-state index contributed by atoms with van der Waals surface area (Å²) in [6.07, 6.45) is 3.87. The molecule has 1 saturated carbocycles. The summed E-state index contributed by atoms with van der Waals surface area (Å²) < 4.78 is 0. The van der Waals surface area contributed by atoms with Crippen LogP contribution in [0.15, 0.2) is 17.4 Å². The van der Waals surface area contributed by atoms with Gasteiger partial charge in [-0.2, -0.15) is 5.10 Å². The maximum atomic E-state index is 3.88. The summed E-state index contributed by atoms with van der Waals surface area (Å²) in [7, 11) is 0. The van der Waals surface area contributed by atoms with Gasteiger partial charge in [-0.1, -0.05) is 13.5 Å². The van der Waals surface area contributed by atoms with E-state index in [9.17, 15) is 0 Å². The summed E-state index contributed by atoms with van der Waals surface area (Å²) >= 11 is 0. The molecule has 86 valence electrons. The lowest BCUT2D eigenvalue weighted by Gasteiger charge is -2.20. The lowest BCUT2D eigenvalue weighted by molar-refractivity contribution is 0.416. The van der Waals surface area contributed by atoms with Crippen molar-refractivity contribution in [1.29, 1.82) is 0 Å². The highest BCUT2D eigenvalue weighted by atomic mass is 15.3. The molecule has 0 aromatic rings. The summed E-state index contributed by atoms with van der Waals surface area (Å²) in [6, 6.07) is 0. The van der Waals surface area contributed by atoms with E-state index in [4.69, 9.17) is 0 Å². The van der Waals surface area contributed by atoms with Gasteiger partial charge in [0.15, 0.2) is 0 Å². The molecule has 15 heavy (non-hydrogen) atoms. The molecule has 1 aliphatic carbocycles. The van der Waals surface area contributed by atoms with Crippen molar-refractivity contribution >= 4 is 6.72 Å². The average Bonchev–Trinajstić information content (AvgIpc) is 2.98. The molecule has 0 aromatic heterocycles. The van der Waals surface area contributed by atoms with Crippen molar-refractivity contribution in [2.75, 3.05) is 13.1 Å². The third kappa shape index (κ3) is 5.54. The number of hydrogen-bond acceptors (Lipinski definition) is 4. The second kappa shape index (κ2) is 6.58. The van der Waals surface area contributed by atoms with Gasteiger partial charge in [0.1, 0.15) is 0 Å². The molecule has 4 nitrogen and oxygen atoms in total. The molecule has 1 rings (SSSR count). The first-order valence-corrected chi connectivity index (χ1v) is 5.62. The number of nitrogens with zero attached hydrogens (tertiary/aromatic N) is 1. The van der Waals surface area contributed by atoms with Crippen molar-refractivity contribution in [3.05, 3.63) is 12.3 Å². The molecule has 0 heterocycles. The molecular weight excluding hydrogens is 188 g/mol. The average molecular weight is 210 g/mol. The Bertz CT molecular complexity index is 211. The van der Waals surface area contributed by atoms with Crippen LogP contribution < -0.4 is 16.1 Å². The van der Waals surface area contributed by atoms with E-state index in [1.54, 1.807) is 0 Å². The van der Waals surface area contributed by atoms with Gasteiger partial charge in [0.25, 0.3) is 0 Å². The fourth-order valence-corrected chi connectivity index (χ4v) is 1.50. The molecular formula is C11H22N4. The Hall–Kier alpha value is -0.870. The van der Waals surface area contributed by atoms with E-state index in [2.05, 4.69) is 41.4 Å². The lowest BCUT2D eigenvalue weighted by Crippen LogP contribution is -2.43. The summed E-state index contributed by atoms with van der Waals surface area (Å²) in [5.74, 6) is 0.893. The quantitative estimate of drug-likeness (QED) is 0.303.